The number of carbonyl (C=O) groups is 2. The van der Waals surface area contributed by atoms with E-state index in [4.69, 9.17) is 52.4 Å². The van der Waals surface area contributed by atoms with Crippen molar-refractivity contribution in [3.8, 4) is 33.8 Å². The highest BCUT2D eigenvalue weighted by Crippen LogP contribution is 2.55. The molecule has 10 rings (SSSR count). The Bertz CT molecular complexity index is 4110. The Labute approximate surface area is 638 Å². The van der Waals surface area contributed by atoms with E-state index in [9.17, 15) is 72.5 Å². The van der Waals surface area contributed by atoms with E-state index in [1.165, 1.54) is 47.0 Å². The van der Waals surface area contributed by atoms with Gasteiger partial charge in [-0.25, -0.2) is 25.4 Å². The van der Waals surface area contributed by atoms with Crippen molar-refractivity contribution in [1.29, 1.82) is 0 Å². The Balaban J connectivity index is 0.000000293. The molecule has 25 nitrogen and oxygen atoms in total. The number of hydrogen-bond donors (Lipinski definition) is 11. The lowest BCUT2D eigenvalue weighted by atomic mass is 9.90. The molecule has 4 fully saturated rings. The molecule has 8 atom stereocenters. The van der Waals surface area contributed by atoms with Crippen LogP contribution in [0.15, 0.2) is 132 Å². The monoisotopic (exact) mass is 1570 g/mol. The summed E-state index contributed by atoms with van der Waals surface area (Å²) in [6, 6.07) is 28.7. The fourth-order valence-corrected chi connectivity index (χ4v) is 15.4. The Morgan fingerprint density at radius 2 is 0.953 bits per heavy atom. The molecule has 0 saturated heterocycles. The van der Waals surface area contributed by atoms with Crippen molar-refractivity contribution in [3.63, 3.8) is 0 Å². The first-order valence-electron chi connectivity index (χ1n) is 35.7. The number of aliphatic hydroxyl groups excluding tert-OH is 10. The predicted octanol–water partition coefficient (Wildman–Crippen LogP) is 8.35. The molecule has 4 aliphatic carbocycles. The minimum atomic E-state index is -3.89. The highest BCUT2D eigenvalue weighted by molar-refractivity contribution is 7.89. The third kappa shape index (κ3) is 23.5. The van der Waals surface area contributed by atoms with Gasteiger partial charge in [-0.05, 0) is 148 Å². The van der Waals surface area contributed by atoms with E-state index in [1.54, 1.807) is 30.7 Å². The zero-order valence-electron chi connectivity index (χ0n) is 59.1. The maximum atomic E-state index is 13.5. The van der Waals surface area contributed by atoms with Gasteiger partial charge < -0.3 is 70.0 Å². The highest BCUT2D eigenvalue weighted by atomic mass is 35.5. The second kappa shape index (κ2) is 40.2. The second-order valence-corrected chi connectivity index (χ2v) is 32.8. The summed E-state index contributed by atoms with van der Waals surface area (Å²) in [4.78, 5) is 29.5. The van der Waals surface area contributed by atoms with Crippen molar-refractivity contribution >= 4 is 54.8 Å². The number of aliphatic hydroxyl groups is 10. The summed E-state index contributed by atoms with van der Waals surface area (Å²) in [5.74, 6) is -0.911. The summed E-state index contributed by atoms with van der Waals surface area (Å²) in [5, 5.41) is 108. The van der Waals surface area contributed by atoms with Crippen LogP contribution in [-0.2, 0) is 63.5 Å². The lowest BCUT2D eigenvalue weighted by Gasteiger charge is -2.27. The Hall–Kier alpha value is -6.16. The summed E-state index contributed by atoms with van der Waals surface area (Å²) < 4.78 is 83.1. The lowest BCUT2D eigenvalue weighted by Crippen LogP contribution is -2.45. The van der Waals surface area contributed by atoms with Crippen LogP contribution in [0.2, 0.25) is 10.0 Å². The number of rotatable bonds is 44. The molecule has 29 heteroatoms. The molecule has 107 heavy (non-hydrogen) atoms. The molecular formula is C78H107Cl2N4O21S2+. The molecule has 0 bridgehead atoms. The van der Waals surface area contributed by atoms with Crippen LogP contribution in [0.25, 0.3) is 22.3 Å². The quantitative estimate of drug-likeness (QED) is 0.00972. The molecule has 0 spiro atoms. The Morgan fingerprint density at radius 1 is 0.542 bits per heavy atom. The molecule has 11 N–H and O–H groups in total. The summed E-state index contributed by atoms with van der Waals surface area (Å²) in [6.45, 7) is -2.18. The number of ether oxygens (including phenoxy) is 4. The number of carbonyl (C=O) groups excluding carboxylic acids is 2. The van der Waals surface area contributed by atoms with Crippen LogP contribution in [0, 0.1) is 11.8 Å². The maximum absolute atomic E-state index is 13.5. The van der Waals surface area contributed by atoms with Gasteiger partial charge in [0.15, 0.2) is 0 Å². The zero-order valence-corrected chi connectivity index (χ0v) is 62.2. The smallest absolute Gasteiger partial charge is 0.242 e. The van der Waals surface area contributed by atoms with E-state index in [0.29, 0.717) is 72.5 Å². The minimum absolute atomic E-state index is 0. The average Bonchev–Trinajstić information content (AvgIpc) is 1.61. The zero-order chi connectivity index (χ0) is 75.8. The van der Waals surface area contributed by atoms with Gasteiger partial charge in [-0.3, -0.25) is 19.8 Å². The number of benzene rings is 4. The van der Waals surface area contributed by atoms with Crippen molar-refractivity contribution in [2.45, 2.75) is 213 Å². The summed E-state index contributed by atoms with van der Waals surface area (Å²) in [5.41, 5.74) is 5.22. The lowest BCUT2D eigenvalue weighted by molar-refractivity contribution is -0.905. The number of para-hydroxylation sites is 2. The molecule has 4 saturated carbocycles. The highest BCUT2D eigenvalue weighted by Gasteiger charge is 2.50. The van der Waals surface area contributed by atoms with Gasteiger partial charge in [-0.1, -0.05) is 87.3 Å². The summed E-state index contributed by atoms with van der Waals surface area (Å²) in [6.07, 6.45) is 7.35. The first kappa shape index (κ1) is 88.1. The number of hydrogen-bond acceptors (Lipinski definition) is 22. The standard InChI is InChI=1S/C38H50ClN2O11S.C38H49ClN2O10S.2CH4/c1-40(17-6-2-3-7-27(44)19-25(22-42)36(46)37(47)34(45)23-43)53(49,50)29-12-13-33(39)26(20-29)24-51-38(15-16-38)32-21-41(48)18-14-30(32)31-8-4-5-9-35(31)52-28-10-11-28;1-41(18-6-2-3-7-27(44)19-25(22-42)36(46)37(47)34(45)23-43)52(48,49)29-12-13-33(39)26(20-29)24-50-38(15-16-38)32-21-40-17-14-30(32)31-8-4-5-9-35(31)51-28-10-11-28;;/h4-5,8-9,12-14,18,20-21,25,28,34,36-37,42-43,45-48H,2-3,6-7,10-11,15-17,19,22-24H2,1H3;4-5,8-9,12-14,17,20-21,25,28,34,36-37,42-43,45-47H,2-3,6-7,10-11,15-16,18-19,22-24H2,1H3;2*1H4/q+1;;;/t2*25-,34+,36+,37+;;/m00../s1. The summed E-state index contributed by atoms with van der Waals surface area (Å²) >= 11 is 13.1. The number of Topliss-reactive ketones (excluding diaryl/α,β-unsaturated/α-hetero) is 2. The van der Waals surface area contributed by atoms with Crippen LogP contribution in [0.3, 0.4) is 0 Å². The van der Waals surface area contributed by atoms with Gasteiger partial charge in [0.05, 0.1) is 71.8 Å². The van der Waals surface area contributed by atoms with Crippen molar-refractivity contribution < 1.29 is 106 Å². The van der Waals surface area contributed by atoms with Crippen LogP contribution in [0.5, 0.6) is 11.5 Å². The van der Waals surface area contributed by atoms with E-state index < -0.39 is 106 Å². The van der Waals surface area contributed by atoms with Crippen LogP contribution < -0.4 is 14.2 Å². The van der Waals surface area contributed by atoms with Crippen molar-refractivity contribution in [2.75, 3.05) is 53.6 Å². The maximum Gasteiger partial charge on any atom is 0.242 e. The van der Waals surface area contributed by atoms with Gasteiger partial charge in [0.2, 0.25) is 32.4 Å². The van der Waals surface area contributed by atoms with Crippen molar-refractivity contribution in [2.24, 2.45) is 11.8 Å². The fraction of sp³-hybridized carbons (Fsp3) is 0.538. The number of halogens is 2. The van der Waals surface area contributed by atoms with E-state index in [1.807, 2.05) is 66.9 Å². The molecule has 2 heterocycles. The van der Waals surface area contributed by atoms with Gasteiger partial charge in [0.1, 0.15) is 53.1 Å². The van der Waals surface area contributed by atoms with E-state index in [-0.39, 0.29) is 100 Å². The molecule has 2 aromatic heterocycles. The molecular weight excluding hydrogens is 1460 g/mol. The largest absolute Gasteiger partial charge is 0.490 e. The van der Waals surface area contributed by atoms with Crippen LogP contribution in [0.4, 0.5) is 0 Å². The van der Waals surface area contributed by atoms with Crippen molar-refractivity contribution in [3.05, 3.63) is 154 Å². The van der Waals surface area contributed by atoms with Gasteiger partial charge >= 0.3 is 0 Å². The van der Waals surface area contributed by atoms with Gasteiger partial charge in [0.25, 0.3) is 0 Å². The first-order chi connectivity index (χ1) is 50.2. The normalized spacial score (nSPS) is 17.4. The third-order valence-electron chi connectivity index (χ3n) is 19.7. The molecule has 0 amide bonds. The SMILES string of the molecule is C.C.CN(CCCCCC(=O)C[C@@H](CO)[C@@H](O)[C@H](O)[C@H](O)CO)S(=O)(=O)c1ccc(Cl)c(COC2(c3c[n+](O)ccc3-c3ccccc3OC3CC3)CC2)c1.CN(CCCCCC(=O)C[C@@H](CO)[C@@H](O)[C@H](O)[C@H](O)CO)S(=O)(=O)c1ccc(Cl)c(COC2(c3cnccc3-c3ccccc3OC3CC3)CC2)c1. The predicted molar refractivity (Wildman–Crippen MR) is 401 cm³/mol. The number of ketones is 2. The Morgan fingerprint density at radius 3 is 1.36 bits per heavy atom. The average molecular weight is 1570 g/mol. The minimum Gasteiger partial charge on any atom is -0.490 e. The molecule has 0 unspecified atom stereocenters. The van der Waals surface area contributed by atoms with Crippen molar-refractivity contribution in [1.82, 2.24) is 13.6 Å². The topological polar surface area (TPSA) is 385 Å². The molecule has 6 aromatic rings. The van der Waals surface area contributed by atoms with E-state index >= 15 is 0 Å². The van der Waals surface area contributed by atoms with Crippen LogP contribution >= 0.6 is 23.2 Å². The fourth-order valence-electron chi connectivity index (χ4n) is 12.5. The molecule has 0 aliphatic heterocycles. The van der Waals surface area contributed by atoms with E-state index in [2.05, 4.69) is 4.98 Å². The Kier molecular flexibility index (Phi) is 33.1. The van der Waals surface area contributed by atoms with Crippen LogP contribution in [-0.4, -0.2) is 201 Å². The van der Waals surface area contributed by atoms with Gasteiger partial charge in [-0.2, -0.15) is 0 Å². The summed E-state index contributed by atoms with van der Waals surface area (Å²) in [7, 11) is -4.77. The molecule has 0 radical (unpaired) electrons. The number of pyridine rings is 2. The van der Waals surface area contributed by atoms with Crippen LogP contribution in [0.1, 0.15) is 153 Å². The van der Waals surface area contributed by atoms with Gasteiger partial charge in [0, 0.05) is 133 Å². The van der Waals surface area contributed by atoms with E-state index in [0.717, 1.165) is 88.1 Å². The first-order valence-corrected chi connectivity index (χ1v) is 39.4. The number of unbranched alkanes of at least 4 members (excludes halogenated alkanes) is 4. The molecule has 4 aromatic carbocycles. The molecule has 4 aliphatic rings. The number of aromatic nitrogens is 2. The third-order valence-corrected chi connectivity index (χ3v) is 24.2. The number of nitrogens with zero attached hydrogens (tertiary/aromatic N) is 4. The number of sulfonamides is 2. The molecule has 590 valence electrons. The second-order valence-electron chi connectivity index (χ2n) is 27.9. The van der Waals surface area contributed by atoms with Gasteiger partial charge in [-0.15, -0.1) is 0 Å².